The SMILES string of the molecule is O=C(Cc1ccc(Cl)c(Cl)c1)OCC1CCCCO1. The Hall–Kier alpha value is -0.770. The zero-order valence-corrected chi connectivity index (χ0v) is 12.0. The van der Waals surface area contributed by atoms with E-state index in [4.69, 9.17) is 32.7 Å². The van der Waals surface area contributed by atoms with Crippen molar-refractivity contribution >= 4 is 29.2 Å². The Morgan fingerprint density at radius 1 is 1.32 bits per heavy atom. The van der Waals surface area contributed by atoms with E-state index in [-0.39, 0.29) is 18.5 Å². The van der Waals surface area contributed by atoms with Crippen LogP contribution >= 0.6 is 23.2 Å². The normalized spacial score (nSPS) is 19.2. The lowest BCUT2D eigenvalue weighted by atomic mass is 10.1. The standard InChI is InChI=1S/C14H16Cl2O3/c15-12-5-4-10(7-13(12)16)8-14(17)19-9-11-3-1-2-6-18-11/h4-5,7,11H,1-3,6,8-9H2. The van der Waals surface area contributed by atoms with Crippen LogP contribution in [0.1, 0.15) is 24.8 Å². The summed E-state index contributed by atoms with van der Waals surface area (Å²) in [5.41, 5.74) is 0.795. The number of benzene rings is 1. The van der Waals surface area contributed by atoms with Crippen molar-refractivity contribution in [1.82, 2.24) is 0 Å². The molecule has 0 amide bonds. The van der Waals surface area contributed by atoms with Crippen LogP contribution in [0.4, 0.5) is 0 Å². The first-order valence-electron chi connectivity index (χ1n) is 6.36. The number of halogens is 2. The third-order valence-corrected chi connectivity index (χ3v) is 3.78. The maximum absolute atomic E-state index is 11.7. The molecule has 1 atom stereocenters. The van der Waals surface area contributed by atoms with Crippen LogP contribution in [0.25, 0.3) is 0 Å². The molecule has 0 spiro atoms. The zero-order chi connectivity index (χ0) is 13.7. The lowest BCUT2D eigenvalue weighted by molar-refractivity contribution is -0.148. The van der Waals surface area contributed by atoms with Gasteiger partial charge in [0.15, 0.2) is 0 Å². The van der Waals surface area contributed by atoms with E-state index in [2.05, 4.69) is 0 Å². The lowest BCUT2D eigenvalue weighted by Crippen LogP contribution is -2.26. The van der Waals surface area contributed by atoms with Gasteiger partial charge in [0.2, 0.25) is 0 Å². The molecule has 0 aromatic heterocycles. The van der Waals surface area contributed by atoms with Gasteiger partial charge in [0, 0.05) is 6.61 Å². The molecule has 0 N–H and O–H groups in total. The summed E-state index contributed by atoms with van der Waals surface area (Å²) in [6.07, 6.45) is 3.43. The molecular weight excluding hydrogens is 287 g/mol. The van der Waals surface area contributed by atoms with Crippen LogP contribution in [0.15, 0.2) is 18.2 Å². The quantitative estimate of drug-likeness (QED) is 0.797. The van der Waals surface area contributed by atoms with E-state index in [0.29, 0.717) is 16.7 Å². The van der Waals surface area contributed by atoms with Crippen LogP contribution < -0.4 is 0 Å². The molecule has 1 aromatic rings. The first-order chi connectivity index (χ1) is 9.15. The zero-order valence-electron chi connectivity index (χ0n) is 10.5. The molecule has 1 aliphatic rings. The van der Waals surface area contributed by atoms with Crippen LogP contribution in [0.5, 0.6) is 0 Å². The minimum atomic E-state index is -0.271. The molecule has 3 nitrogen and oxygen atoms in total. The van der Waals surface area contributed by atoms with Crippen molar-refractivity contribution < 1.29 is 14.3 Å². The molecule has 1 fully saturated rings. The molecule has 19 heavy (non-hydrogen) atoms. The van der Waals surface area contributed by atoms with Crippen LogP contribution in [0, 0.1) is 0 Å². The molecule has 1 heterocycles. The van der Waals surface area contributed by atoms with Crippen molar-refractivity contribution in [1.29, 1.82) is 0 Å². The Labute approximate surface area is 122 Å². The summed E-state index contributed by atoms with van der Waals surface area (Å²) < 4.78 is 10.7. The van der Waals surface area contributed by atoms with E-state index in [1.165, 1.54) is 0 Å². The minimum absolute atomic E-state index is 0.0477. The van der Waals surface area contributed by atoms with Gasteiger partial charge in [0.25, 0.3) is 0 Å². The predicted molar refractivity (Wildman–Crippen MR) is 74.7 cm³/mol. The van der Waals surface area contributed by atoms with E-state index >= 15 is 0 Å². The molecule has 104 valence electrons. The summed E-state index contributed by atoms with van der Waals surface area (Å²) in [4.78, 5) is 11.7. The predicted octanol–water partition coefficient (Wildman–Crippen LogP) is 3.65. The van der Waals surface area contributed by atoms with Crippen LogP contribution in [-0.4, -0.2) is 25.3 Å². The first-order valence-corrected chi connectivity index (χ1v) is 7.12. The number of rotatable bonds is 4. The monoisotopic (exact) mass is 302 g/mol. The topological polar surface area (TPSA) is 35.5 Å². The van der Waals surface area contributed by atoms with E-state index in [1.54, 1.807) is 18.2 Å². The molecule has 1 aromatic carbocycles. The maximum Gasteiger partial charge on any atom is 0.310 e. The molecule has 0 saturated carbocycles. The number of hydrogen-bond acceptors (Lipinski definition) is 3. The molecular formula is C14H16Cl2O3. The number of ether oxygens (including phenoxy) is 2. The number of hydrogen-bond donors (Lipinski definition) is 0. The highest BCUT2D eigenvalue weighted by Gasteiger charge is 2.16. The second-order valence-corrected chi connectivity index (χ2v) is 5.41. The molecule has 1 saturated heterocycles. The van der Waals surface area contributed by atoms with Crippen LogP contribution in [-0.2, 0) is 20.7 Å². The summed E-state index contributed by atoms with van der Waals surface area (Å²) >= 11 is 11.7. The second kappa shape index (κ2) is 7.13. The second-order valence-electron chi connectivity index (χ2n) is 4.60. The van der Waals surface area contributed by atoms with Crippen LogP contribution in [0.3, 0.4) is 0 Å². The molecule has 1 unspecified atom stereocenters. The van der Waals surface area contributed by atoms with E-state index in [1.807, 2.05) is 0 Å². The number of carbonyl (C=O) groups excluding carboxylic acids is 1. The van der Waals surface area contributed by atoms with E-state index in [9.17, 15) is 4.79 Å². The fraction of sp³-hybridized carbons (Fsp3) is 0.500. The van der Waals surface area contributed by atoms with Crippen molar-refractivity contribution in [3.63, 3.8) is 0 Å². The molecule has 0 aliphatic carbocycles. The maximum atomic E-state index is 11.7. The largest absolute Gasteiger partial charge is 0.463 e. The third kappa shape index (κ3) is 4.68. The Morgan fingerprint density at radius 3 is 2.84 bits per heavy atom. The van der Waals surface area contributed by atoms with Gasteiger partial charge in [-0.05, 0) is 37.0 Å². The van der Waals surface area contributed by atoms with Crippen molar-refractivity contribution in [2.45, 2.75) is 31.8 Å². The highest BCUT2D eigenvalue weighted by atomic mass is 35.5. The minimum Gasteiger partial charge on any atom is -0.463 e. The smallest absolute Gasteiger partial charge is 0.310 e. The van der Waals surface area contributed by atoms with E-state index in [0.717, 1.165) is 31.4 Å². The molecule has 0 bridgehead atoms. The van der Waals surface area contributed by atoms with Gasteiger partial charge >= 0.3 is 5.97 Å². The van der Waals surface area contributed by atoms with Gasteiger partial charge in [-0.1, -0.05) is 29.3 Å². The highest BCUT2D eigenvalue weighted by Crippen LogP contribution is 2.23. The fourth-order valence-electron chi connectivity index (χ4n) is 1.99. The molecule has 5 heteroatoms. The Kier molecular flexibility index (Phi) is 5.49. The van der Waals surface area contributed by atoms with E-state index < -0.39 is 0 Å². The average Bonchev–Trinajstić information content (AvgIpc) is 2.42. The molecule has 1 aliphatic heterocycles. The summed E-state index contributed by atoms with van der Waals surface area (Å²) in [5.74, 6) is -0.271. The van der Waals surface area contributed by atoms with Gasteiger partial charge in [-0.25, -0.2) is 0 Å². The Morgan fingerprint density at radius 2 is 2.16 bits per heavy atom. The van der Waals surface area contributed by atoms with Crippen molar-refractivity contribution in [2.24, 2.45) is 0 Å². The van der Waals surface area contributed by atoms with Gasteiger partial charge in [0.05, 0.1) is 22.6 Å². The Bertz CT molecular complexity index is 442. The average molecular weight is 303 g/mol. The van der Waals surface area contributed by atoms with Gasteiger partial charge in [0.1, 0.15) is 6.61 Å². The lowest BCUT2D eigenvalue weighted by Gasteiger charge is -2.22. The van der Waals surface area contributed by atoms with Gasteiger partial charge in [-0.15, -0.1) is 0 Å². The number of carbonyl (C=O) groups is 1. The summed E-state index contributed by atoms with van der Waals surface area (Å²) in [6.45, 7) is 1.09. The summed E-state index contributed by atoms with van der Waals surface area (Å²) in [6, 6.07) is 5.13. The van der Waals surface area contributed by atoms with Crippen molar-refractivity contribution in [3.8, 4) is 0 Å². The van der Waals surface area contributed by atoms with Crippen LogP contribution in [0.2, 0.25) is 10.0 Å². The third-order valence-electron chi connectivity index (χ3n) is 3.04. The van der Waals surface area contributed by atoms with Crippen molar-refractivity contribution in [2.75, 3.05) is 13.2 Å². The van der Waals surface area contributed by atoms with Gasteiger partial charge < -0.3 is 9.47 Å². The first kappa shape index (κ1) is 14.6. The Balaban J connectivity index is 1.78. The fourth-order valence-corrected chi connectivity index (χ4v) is 2.31. The van der Waals surface area contributed by atoms with Gasteiger partial charge in [-0.3, -0.25) is 4.79 Å². The summed E-state index contributed by atoms with van der Waals surface area (Å²) in [7, 11) is 0. The molecule has 0 radical (unpaired) electrons. The molecule has 2 rings (SSSR count). The summed E-state index contributed by atoms with van der Waals surface area (Å²) in [5, 5.41) is 0.928. The highest BCUT2D eigenvalue weighted by molar-refractivity contribution is 6.42. The number of esters is 1. The van der Waals surface area contributed by atoms with Crippen molar-refractivity contribution in [3.05, 3.63) is 33.8 Å². The van der Waals surface area contributed by atoms with Gasteiger partial charge in [-0.2, -0.15) is 0 Å².